The van der Waals surface area contributed by atoms with Crippen LogP contribution in [0.4, 0.5) is 0 Å². The summed E-state index contributed by atoms with van der Waals surface area (Å²) in [6.07, 6.45) is 4.69. The summed E-state index contributed by atoms with van der Waals surface area (Å²) in [5.41, 5.74) is 1.15. The summed E-state index contributed by atoms with van der Waals surface area (Å²) in [6.45, 7) is 7.74. The van der Waals surface area contributed by atoms with Crippen LogP contribution in [-0.2, 0) is 19.1 Å². The molecule has 4 unspecified atom stereocenters. The van der Waals surface area contributed by atoms with Crippen molar-refractivity contribution in [2.75, 3.05) is 0 Å². The molecule has 0 radical (unpaired) electrons. The minimum atomic E-state index is -0.230. The second kappa shape index (κ2) is 4.85. The Morgan fingerprint density at radius 3 is 2.86 bits per heavy atom. The van der Waals surface area contributed by atoms with Crippen molar-refractivity contribution in [3.8, 4) is 0 Å². The SMILES string of the molecule is CC(=O)OC1CC=C(C)C2[C@H]3OC(=O)[C@H](C)C3CCC12C. The van der Waals surface area contributed by atoms with E-state index in [1.54, 1.807) is 0 Å². The van der Waals surface area contributed by atoms with Crippen molar-refractivity contribution in [2.45, 2.75) is 59.2 Å². The van der Waals surface area contributed by atoms with Gasteiger partial charge in [0.05, 0.1) is 5.92 Å². The smallest absolute Gasteiger partial charge is 0.309 e. The van der Waals surface area contributed by atoms with Crippen molar-refractivity contribution in [1.82, 2.24) is 0 Å². The van der Waals surface area contributed by atoms with E-state index in [1.807, 2.05) is 6.92 Å². The van der Waals surface area contributed by atoms with Crippen molar-refractivity contribution < 1.29 is 19.1 Å². The lowest BCUT2D eigenvalue weighted by Gasteiger charge is -2.52. The molecule has 6 atom stereocenters. The van der Waals surface area contributed by atoms with Gasteiger partial charge < -0.3 is 9.47 Å². The number of esters is 2. The van der Waals surface area contributed by atoms with Gasteiger partial charge in [-0.2, -0.15) is 0 Å². The zero-order valence-electron chi connectivity index (χ0n) is 13.2. The van der Waals surface area contributed by atoms with Gasteiger partial charge in [-0.1, -0.05) is 25.5 Å². The Balaban J connectivity index is 1.96. The topological polar surface area (TPSA) is 52.6 Å². The van der Waals surface area contributed by atoms with Crippen LogP contribution in [-0.4, -0.2) is 24.1 Å². The van der Waals surface area contributed by atoms with E-state index in [1.165, 1.54) is 12.5 Å². The summed E-state index contributed by atoms with van der Waals surface area (Å²) in [4.78, 5) is 23.4. The number of fused-ring (bicyclic) bond motifs is 3. The highest BCUT2D eigenvalue weighted by Crippen LogP contribution is 2.57. The molecule has 0 amide bonds. The predicted octanol–water partition coefficient (Wildman–Crippen LogP) is 2.86. The van der Waals surface area contributed by atoms with Gasteiger partial charge in [0.1, 0.15) is 12.2 Å². The molecule has 3 aliphatic rings. The molecule has 116 valence electrons. The molecule has 0 bridgehead atoms. The van der Waals surface area contributed by atoms with Gasteiger partial charge in [0.25, 0.3) is 0 Å². The lowest BCUT2D eigenvalue weighted by molar-refractivity contribution is -0.167. The van der Waals surface area contributed by atoms with Crippen LogP contribution in [0.15, 0.2) is 11.6 Å². The number of rotatable bonds is 1. The maximum Gasteiger partial charge on any atom is 0.309 e. The van der Waals surface area contributed by atoms with Crippen LogP contribution in [0.3, 0.4) is 0 Å². The molecular weight excluding hydrogens is 268 g/mol. The minimum Gasteiger partial charge on any atom is -0.462 e. The van der Waals surface area contributed by atoms with Crippen LogP contribution in [0.2, 0.25) is 0 Å². The van der Waals surface area contributed by atoms with Crippen molar-refractivity contribution >= 4 is 11.9 Å². The van der Waals surface area contributed by atoms with E-state index in [9.17, 15) is 9.59 Å². The molecule has 4 nitrogen and oxygen atoms in total. The second-order valence-electron chi connectivity index (χ2n) is 7.16. The highest BCUT2D eigenvalue weighted by molar-refractivity contribution is 5.75. The molecular formula is C17H24O4. The third-order valence-corrected chi connectivity index (χ3v) is 5.93. The molecule has 0 aromatic heterocycles. The zero-order valence-corrected chi connectivity index (χ0v) is 13.2. The van der Waals surface area contributed by atoms with E-state index < -0.39 is 0 Å². The van der Waals surface area contributed by atoms with Gasteiger partial charge in [0.2, 0.25) is 0 Å². The van der Waals surface area contributed by atoms with E-state index >= 15 is 0 Å². The summed E-state index contributed by atoms with van der Waals surface area (Å²) in [6, 6.07) is 0. The van der Waals surface area contributed by atoms with Crippen LogP contribution in [0.1, 0.15) is 47.0 Å². The van der Waals surface area contributed by atoms with E-state index in [2.05, 4.69) is 19.9 Å². The quantitative estimate of drug-likeness (QED) is 0.551. The van der Waals surface area contributed by atoms with Gasteiger partial charge in [-0.3, -0.25) is 9.59 Å². The average Bonchev–Trinajstić information content (AvgIpc) is 2.68. The molecule has 0 aromatic carbocycles. The fourth-order valence-electron chi connectivity index (χ4n) is 4.74. The molecule has 1 heterocycles. The first-order valence-corrected chi connectivity index (χ1v) is 7.89. The van der Waals surface area contributed by atoms with Crippen molar-refractivity contribution in [3.63, 3.8) is 0 Å². The molecule has 1 saturated heterocycles. The molecule has 0 spiro atoms. The summed E-state index contributed by atoms with van der Waals surface area (Å²) >= 11 is 0. The largest absolute Gasteiger partial charge is 0.462 e. The van der Waals surface area contributed by atoms with E-state index in [4.69, 9.17) is 9.47 Å². The van der Waals surface area contributed by atoms with Crippen molar-refractivity contribution in [1.29, 1.82) is 0 Å². The van der Waals surface area contributed by atoms with Crippen LogP contribution < -0.4 is 0 Å². The third-order valence-electron chi connectivity index (χ3n) is 5.93. The van der Waals surface area contributed by atoms with Crippen LogP contribution in [0, 0.1) is 23.2 Å². The van der Waals surface area contributed by atoms with Gasteiger partial charge in [-0.25, -0.2) is 0 Å². The zero-order chi connectivity index (χ0) is 15.4. The average molecular weight is 292 g/mol. The molecule has 2 fully saturated rings. The van der Waals surface area contributed by atoms with Crippen molar-refractivity contribution in [3.05, 3.63) is 11.6 Å². The number of hydrogen-bond acceptors (Lipinski definition) is 4. The Labute approximate surface area is 125 Å². The molecule has 4 heteroatoms. The molecule has 3 rings (SSSR count). The van der Waals surface area contributed by atoms with Gasteiger partial charge in [0, 0.05) is 30.6 Å². The van der Waals surface area contributed by atoms with Gasteiger partial charge in [0.15, 0.2) is 0 Å². The summed E-state index contributed by atoms with van der Waals surface area (Å²) in [5.74, 6) is 0.156. The van der Waals surface area contributed by atoms with Gasteiger partial charge >= 0.3 is 11.9 Å². The van der Waals surface area contributed by atoms with Crippen LogP contribution >= 0.6 is 0 Å². The Morgan fingerprint density at radius 2 is 2.19 bits per heavy atom. The number of hydrogen-bond donors (Lipinski definition) is 0. The van der Waals surface area contributed by atoms with E-state index in [0.717, 1.165) is 19.3 Å². The highest BCUT2D eigenvalue weighted by Gasteiger charge is 2.59. The van der Waals surface area contributed by atoms with Crippen LogP contribution in [0.5, 0.6) is 0 Å². The Bertz CT molecular complexity index is 509. The fourth-order valence-corrected chi connectivity index (χ4v) is 4.74. The lowest BCUT2D eigenvalue weighted by atomic mass is 9.55. The summed E-state index contributed by atoms with van der Waals surface area (Å²) in [7, 11) is 0. The van der Waals surface area contributed by atoms with Crippen LogP contribution in [0.25, 0.3) is 0 Å². The second-order valence-corrected chi connectivity index (χ2v) is 7.16. The molecule has 1 saturated carbocycles. The third kappa shape index (κ3) is 2.11. The molecule has 0 N–H and O–H groups in total. The summed E-state index contributed by atoms with van der Waals surface area (Å²) in [5, 5.41) is 0. The molecule has 2 aliphatic carbocycles. The normalized spacial score (nSPS) is 45.2. The maximum atomic E-state index is 12.0. The standard InChI is InChI=1S/C17H24O4/c1-9-5-6-13(20-11(3)18)17(4)8-7-12-10(2)16(19)21-15(12)14(9)17/h5,10,12-15H,6-8H2,1-4H3/t10-,12?,13?,14?,15+,17?/m1/s1. The summed E-state index contributed by atoms with van der Waals surface area (Å²) < 4.78 is 11.3. The Morgan fingerprint density at radius 1 is 1.48 bits per heavy atom. The first-order chi connectivity index (χ1) is 9.84. The van der Waals surface area contributed by atoms with E-state index in [0.29, 0.717) is 5.92 Å². The van der Waals surface area contributed by atoms with Gasteiger partial charge in [-0.05, 0) is 19.8 Å². The van der Waals surface area contributed by atoms with Crippen molar-refractivity contribution in [2.24, 2.45) is 23.2 Å². The number of carbonyl (C=O) groups is 2. The lowest BCUT2D eigenvalue weighted by Crippen LogP contribution is -2.53. The predicted molar refractivity (Wildman–Crippen MR) is 77.3 cm³/mol. The first-order valence-electron chi connectivity index (χ1n) is 7.89. The molecule has 1 aliphatic heterocycles. The molecule has 0 aromatic rings. The number of carbonyl (C=O) groups excluding carboxylic acids is 2. The molecule has 21 heavy (non-hydrogen) atoms. The Hall–Kier alpha value is -1.32. The highest BCUT2D eigenvalue weighted by atomic mass is 16.6. The minimum absolute atomic E-state index is 0.0125. The Kier molecular flexibility index (Phi) is 3.38. The first kappa shape index (κ1) is 14.6. The number of ether oxygens (including phenoxy) is 2. The maximum absolute atomic E-state index is 12.0. The van der Waals surface area contributed by atoms with Gasteiger partial charge in [-0.15, -0.1) is 0 Å². The van der Waals surface area contributed by atoms with E-state index in [-0.39, 0.29) is 41.4 Å². The monoisotopic (exact) mass is 292 g/mol. The fraction of sp³-hybridized carbons (Fsp3) is 0.765.